The normalized spacial score (nSPS) is 11.3. The average Bonchev–Trinajstić information content (AvgIpc) is 3.22. The van der Waals surface area contributed by atoms with Crippen molar-refractivity contribution in [3.05, 3.63) is 97.1 Å². The third kappa shape index (κ3) is 3.71. The van der Waals surface area contributed by atoms with Crippen LogP contribution in [0, 0.1) is 0 Å². The maximum absolute atomic E-state index is 10.1. The molecule has 4 nitrogen and oxygen atoms in total. The summed E-state index contributed by atoms with van der Waals surface area (Å²) >= 11 is 1.58. The molecule has 0 atom stereocenters. The Morgan fingerprint density at radius 1 is 0.667 bits per heavy atom. The van der Waals surface area contributed by atoms with Crippen molar-refractivity contribution in [2.75, 3.05) is 0 Å². The van der Waals surface area contributed by atoms with E-state index in [1.807, 2.05) is 72.8 Å². The Balaban J connectivity index is 1.42. The van der Waals surface area contributed by atoms with E-state index >= 15 is 0 Å². The smallest absolute Gasteiger partial charge is 0.128 e. The lowest BCUT2D eigenvalue weighted by Crippen LogP contribution is -1.79. The van der Waals surface area contributed by atoms with E-state index in [4.69, 9.17) is 4.98 Å². The van der Waals surface area contributed by atoms with Crippen molar-refractivity contribution in [1.29, 1.82) is 0 Å². The third-order valence-electron chi connectivity index (χ3n) is 4.76. The zero-order chi connectivity index (χ0) is 20.3. The van der Waals surface area contributed by atoms with Crippen LogP contribution in [0.4, 0.5) is 11.4 Å². The molecule has 1 heterocycles. The first-order valence-electron chi connectivity index (χ1n) is 9.52. The van der Waals surface area contributed by atoms with Crippen LogP contribution in [0.15, 0.2) is 107 Å². The van der Waals surface area contributed by atoms with Gasteiger partial charge in [0, 0.05) is 0 Å². The predicted octanol–water partition coefficient (Wildman–Crippen LogP) is 7.75. The Labute approximate surface area is 177 Å². The van der Waals surface area contributed by atoms with E-state index in [0.717, 1.165) is 43.3 Å². The van der Waals surface area contributed by atoms with Crippen LogP contribution in [0.1, 0.15) is 0 Å². The van der Waals surface area contributed by atoms with Gasteiger partial charge in [0.1, 0.15) is 10.8 Å². The van der Waals surface area contributed by atoms with Crippen LogP contribution >= 0.6 is 11.3 Å². The van der Waals surface area contributed by atoms with Crippen LogP contribution < -0.4 is 0 Å². The predicted molar refractivity (Wildman–Crippen MR) is 123 cm³/mol. The number of fused-ring (bicyclic) bond motifs is 1. The monoisotopic (exact) mass is 407 g/mol. The van der Waals surface area contributed by atoms with Crippen molar-refractivity contribution in [1.82, 2.24) is 4.98 Å². The first-order chi connectivity index (χ1) is 14.8. The molecule has 0 spiro atoms. The highest BCUT2D eigenvalue weighted by Crippen LogP contribution is 2.36. The highest BCUT2D eigenvalue weighted by atomic mass is 32.1. The lowest BCUT2D eigenvalue weighted by molar-refractivity contribution is 0.477. The highest BCUT2D eigenvalue weighted by Gasteiger charge is 2.10. The van der Waals surface area contributed by atoms with Crippen LogP contribution in [0.3, 0.4) is 0 Å². The number of rotatable bonds is 4. The molecule has 0 saturated heterocycles. The summed E-state index contributed by atoms with van der Waals surface area (Å²) in [7, 11) is 0. The largest absolute Gasteiger partial charge is 0.507 e. The molecule has 0 aliphatic heterocycles. The standard InChI is InChI=1S/C25H17N3OS/c29-23-9-5-4-8-21(23)25-26-22-16-18(12-15-24(22)30-25)17-10-13-20(14-11-17)28-27-19-6-2-1-3-7-19/h1-16,29H/b28-27+. The number of aromatic nitrogens is 1. The van der Waals surface area contributed by atoms with Crippen molar-refractivity contribution < 1.29 is 5.11 Å². The molecular formula is C25H17N3OS. The Morgan fingerprint density at radius 3 is 2.10 bits per heavy atom. The summed E-state index contributed by atoms with van der Waals surface area (Å²) < 4.78 is 1.09. The Bertz CT molecular complexity index is 1340. The van der Waals surface area contributed by atoms with Gasteiger partial charge in [0.05, 0.1) is 27.2 Å². The van der Waals surface area contributed by atoms with Gasteiger partial charge in [-0.2, -0.15) is 10.2 Å². The summed E-state index contributed by atoms with van der Waals surface area (Å²) in [6.45, 7) is 0. The SMILES string of the molecule is Oc1ccccc1-c1nc2cc(-c3ccc(/N=N/c4ccccc4)cc3)ccc2s1. The number of phenols is 1. The number of hydrogen-bond donors (Lipinski definition) is 1. The molecule has 5 heteroatoms. The van der Waals surface area contributed by atoms with Crippen LogP contribution in [0.5, 0.6) is 5.75 Å². The summed E-state index contributed by atoms with van der Waals surface area (Å²) in [4.78, 5) is 4.74. The van der Waals surface area contributed by atoms with E-state index < -0.39 is 0 Å². The topological polar surface area (TPSA) is 57.8 Å². The van der Waals surface area contributed by atoms with Crippen LogP contribution in [-0.4, -0.2) is 10.1 Å². The number of benzene rings is 4. The number of para-hydroxylation sites is 1. The Hall–Kier alpha value is -3.83. The molecule has 30 heavy (non-hydrogen) atoms. The molecule has 0 radical (unpaired) electrons. The second-order valence-corrected chi connectivity index (χ2v) is 7.83. The maximum atomic E-state index is 10.1. The van der Waals surface area contributed by atoms with Gasteiger partial charge < -0.3 is 5.11 Å². The molecule has 1 aromatic heterocycles. The Morgan fingerprint density at radius 2 is 1.33 bits per heavy atom. The van der Waals surface area contributed by atoms with Gasteiger partial charge in [0.2, 0.25) is 0 Å². The lowest BCUT2D eigenvalue weighted by Gasteiger charge is -2.02. The molecular weight excluding hydrogens is 390 g/mol. The molecule has 0 bridgehead atoms. The van der Waals surface area contributed by atoms with E-state index in [0.29, 0.717) is 0 Å². The lowest BCUT2D eigenvalue weighted by atomic mass is 10.1. The highest BCUT2D eigenvalue weighted by molar-refractivity contribution is 7.21. The molecule has 1 N–H and O–H groups in total. The van der Waals surface area contributed by atoms with Crippen LogP contribution in [0.2, 0.25) is 0 Å². The van der Waals surface area contributed by atoms with E-state index in [-0.39, 0.29) is 5.75 Å². The first kappa shape index (κ1) is 18.2. The number of thiazole rings is 1. The molecule has 0 saturated carbocycles. The Kier molecular flexibility index (Phi) is 4.79. The first-order valence-corrected chi connectivity index (χ1v) is 10.3. The minimum absolute atomic E-state index is 0.247. The number of phenolic OH excluding ortho intramolecular Hbond substituents is 1. The summed E-state index contributed by atoms with van der Waals surface area (Å²) in [6.07, 6.45) is 0. The molecule has 5 aromatic rings. The van der Waals surface area contributed by atoms with Gasteiger partial charge in [-0.05, 0) is 59.7 Å². The van der Waals surface area contributed by atoms with Gasteiger partial charge >= 0.3 is 0 Å². The van der Waals surface area contributed by atoms with Gasteiger partial charge in [-0.3, -0.25) is 0 Å². The molecule has 0 unspecified atom stereocenters. The van der Waals surface area contributed by atoms with Crippen molar-refractivity contribution in [2.45, 2.75) is 0 Å². The summed E-state index contributed by atoms with van der Waals surface area (Å²) in [5.74, 6) is 0.247. The third-order valence-corrected chi connectivity index (χ3v) is 5.83. The van der Waals surface area contributed by atoms with Gasteiger partial charge in [-0.1, -0.05) is 48.5 Å². The fraction of sp³-hybridized carbons (Fsp3) is 0. The van der Waals surface area contributed by atoms with Gasteiger partial charge in [-0.25, -0.2) is 4.98 Å². The molecule has 0 aliphatic rings. The van der Waals surface area contributed by atoms with Crippen molar-refractivity contribution >= 4 is 32.9 Å². The van der Waals surface area contributed by atoms with E-state index in [2.05, 4.69) is 28.4 Å². The number of hydrogen-bond acceptors (Lipinski definition) is 5. The molecule has 0 aliphatic carbocycles. The second-order valence-electron chi connectivity index (χ2n) is 6.80. The summed E-state index contributed by atoms with van der Waals surface area (Å²) in [5.41, 5.74) is 5.49. The average molecular weight is 407 g/mol. The summed E-state index contributed by atoms with van der Waals surface area (Å²) in [6, 6.07) is 31.2. The quantitative estimate of drug-likeness (QED) is 0.310. The minimum atomic E-state index is 0.247. The van der Waals surface area contributed by atoms with Crippen molar-refractivity contribution in [3.8, 4) is 27.4 Å². The van der Waals surface area contributed by atoms with Crippen molar-refractivity contribution in [3.63, 3.8) is 0 Å². The number of azo groups is 1. The summed E-state index contributed by atoms with van der Waals surface area (Å²) in [5, 5.41) is 19.5. The molecule has 0 fully saturated rings. The van der Waals surface area contributed by atoms with Crippen LogP contribution in [0.25, 0.3) is 31.9 Å². The van der Waals surface area contributed by atoms with Crippen molar-refractivity contribution in [2.24, 2.45) is 10.2 Å². The van der Waals surface area contributed by atoms with Gasteiger partial charge in [0.15, 0.2) is 0 Å². The zero-order valence-corrected chi connectivity index (χ0v) is 16.8. The molecule has 144 valence electrons. The van der Waals surface area contributed by atoms with Crippen LogP contribution in [-0.2, 0) is 0 Å². The van der Waals surface area contributed by atoms with E-state index in [1.165, 1.54) is 0 Å². The molecule has 5 rings (SSSR count). The van der Waals surface area contributed by atoms with Gasteiger partial charge in [0.25, 0.3) is 0 Å². The number of nitrogens with zero attached hydrogens (tertiary/aromatic N) is 3. The minimum Gasteiger partial charge on any atom is -0.507 e. The molecule has 0 amide bonds. The molecule has 4 aromatic carbocycles. The second kappa shape index (κ2) is 7.89. The fourth-order valence-corrected chi connectivity index (χ4v) is 4.19. The fourth-order valence-electron chi connectivity index (χ4n) is 3.21. The van der Waals surface area contributed by atoms with E-state index in [9.17, 15) is 5.11 Å². The van der Waals surface area contributed by atoms with E-state index in [1.54, 1.807) is 17.4 Å². The van der Waals surface area contributed by atoms with Gasteiger partial charge in [-0.15, -0.1) is 11.3 Å². The maximum Gasteiger partial charge on any atom is 0.128 e. The zero-order valence-electron chi connectivity index (χ0n) is 15.9. The number of aromatic hydroxyl groups is 1.